The maximum atomic E-state index is 12.4. The number of likely N-dealkylation sites (tertiary alicyclic amines) is 1. The summed E-state index contributed by atoms with van der Waals surface area (Å²) in [5, 5.41) is 11.0. The number of nitrogens with zero attached hydrogens (tertiary/aromatic N) is 1. The first-order chi connectivity index (χ1) is 10.4. The zero-order chi connectivity index (χ0) is 16.3. The molecule has 22 heavy (non-hydrogen) atoms. The highest BCUT2D eigenvalue weighted by atomic mass is 16.5. The summed E-state index contributed by atoms with van der Waals surface area (Å²) < 4.78 is 5.16. The number of methoxy groups -OCH3 is 1. The van der Waals surface area contributed by atoms with Crippen molar-refractivity contribution in [3.8, 4) is 5.75 Å². The van der Waals surface area contributed by atoms with E-state index in [-0.39, 0.29) is 11.9 Å². The predicted molar refractivity (Wildman–Crippen MR) is 86.7 cm³/mol. The van der Waals surface area contributed by atoms with Gasteiger partial charge >= 0.3 is 0 Å². The highest BCUT2D eigenvalue weighted by Crippen LogP contribution is 2.35. The highest BCUT2D eigenvalue weighted by molar-refractivity contribution is 5.88. The molecule has 0 spiro atoms. The summed E-state index contributed by atoms with van der Waals surface area (Å²) in [5.74, 6) is 0.736. The number of hydrogen-bond donors (Lipinski definition) is 1. The lowest BCUT2D eigenvalue weighted by molar-refractivity contribution is -0.132. The van der Waals surface area contributed by atoms with Gasteiger partial charge in [-0.2, -0.15) is 0 Å². The van der Waals surface area contributed by atoms with Crippen LogP contribution in [0.15, 0.2) is 35.9 Å². The maximum absolute atomic E-state index is 12.4. The molecular weight excluding hydrogens is 278 g/mol. The normalized spacial score (nSPS) is 20.4. The minimum Gasteiger partial charge on any atom is -0.497 e. The lowest BCUT2D eigenvalue weighted by Gasteiger charge is -2.36. The summed E-state index contributed by atoms with van der Waals surface area (Å²) in [7, 11) is 1.62. The molecule has 0 radical (unpaired) electrons. The van der Waals surface area contributed by atoms with E-state index >= 15 is 0 Å². The van der Waals surface area contributed by atoms with E-state index in [2.05, 4.69) is 0 Å². The second-order valence-corrected chi connectivity index (χ2v) is 6.29. The molecule has 1 amide bonds. The summed E-state index contributed by atoms with van der Waals surface area (Å²) in [6.45, 7) is 6.29. The fourth-order valence-corrected chi connectivity index (χ4v) is 3.07. The van der Waals surface area contributed by atoms with Crippen LogP contribution in [0.2, 0.25) is 0 Å². The zero-order valence-corrected chi connectivity index (χ0v) is 13.8. The van der Waals surface area contributed by atoms with Crippen LogP contribution in [0.4, 0.5) is 0 Å². The Bertz CT molecular complexity index is 556. The molecule has 4 nitrogen and oxygen atoms in total. The average molecular weight is 303 g/mol. The zero-order valence-electron chi connectivity index (χ0n) is 13.8. The van der Waals surface area contributed by atoms with Gasteiger partial charge in [-0.25, -0.2) is 0 Å². The second-order valence-electron chi connectivity index (χ2n) is 6.29. The number of allylic oxidation sites excluding steroid dienone is 1. The molecule has 2 atom stereocenters. The van der Waals surface area contributed by atoms with Crippen molar-refractivity contribution in [2.75, 3.05) is 13.7 Å². The minimum atomic E-state index is -1.08. The molecule has 0 unspecified atom stereocenters. The van der Waals surface area contributed by atoms with Crippen molar-refractivity contribution in [2.24, 2.45) is 0 Å². The quantitative estimate of drug-likeness (QED) is 0.870. The largest absolute Gasteiger partial charge is 0.497 e. The van der Waals surface area contributed by atoms with E-state index in [1.54, 1.807) is 25.0 Å². The first-order valence-electron chi connectivity index (χ1n) is 7.68. The number of hydrogen-bond acceptors (Lipinski definition) is 3. The number of amides is 1. The van der Waals surface area contributed by atoms with Crippen molar-refractivity contribution < 1.29 is 14.6 Å². The number of carbonyl (C=O) groups excluding carboxylic acids is 1. The molecule has 1 aromatic carbocycles. The minimum absolute atomic E-state index is 0.0173. The van der Waals surface area contributed by atoms with Crippen molar-refractivity contribution in [3.05, 3.63) is 41.5 Å². The van der Waals surface area contributed by atoms with Gasteiger partial charge in [0.1, 0.15) is 11.4 Å². The van der Waals surface area contributed by atoms with E-state index in [1.165, 1.54) is 0 Å². The van der Waals surface area contributed by atoms with E-state index in [0.29, 0.717) is 6.54 Å². The molecule has 1 heterocycles. The molecular formula is C18H25NO3. The van der Waals surface area contributed by atoms with E-state index in [1.807, 2.05) is 38.1 Å². The third-order valence-electron chi connectivity index (χ3n) is 4.27. The first kappa shape index (κ1) is 16.6. The Morgan fingerprint density at radius 1 is 1.36 bits per heavy atom. The van der Waals surface area contributed by atoms with Crippen molar-refractivity contribution in [1.82, 2.24) is 4.90 Å². The van der Waals surface area contributed by atoms with Crippen LogP contribution in [0, 0.1) is 0 Å². The van der Waals surface area contributed by atoms with E-state index in [0.717, 1.165) is 29.7 Å². The van der Waals surface area contributed by atoms with Gasteiger partial charge in [0.2, 0.25) is 5.91 Å². The molecule has 4 heteroatoms. The standard InChI is InChI=1S/C18H25NO3/c1-13(2)12-17(20)19-11-5-6-16(19)18(3,21)14-7-9-15(22-4)10-8-14/h7-10,12,16,21H,5-6,11H2,1-4H3/t16-,18+/m0/s1. The Morgan fingerprint density at radius 3 is 2.55 bits per heavy atom. The maximum Gasteiger partial charge on any atom is 0.246 e. The molecule has 1 aliphatic rings. The van der Waals surface area contributed by atoms with E-state index < -0.39 is 5.60 Å². The molecule has 0 aliphatic carbocycles. The summed E-state index contributed by atoms with van der Waals surface area (Å²) >= 11 is 0. The van der Waals surface area contributed by atoms with Crippen molar-refractivity contribution in [3.63, 3.8) is 0 Å². The van der Waals surface area contributed by atoms with Crippen molar-refractivity contribution in [2.45, 2.75) is 45.3 Å². The molecule has 1 saturated heterocycles. The fraction of sp³-hybridized carbons (Fsp3) is 0.500. The molecule has 1 aliphatic heterocycles. The Labute approximate surface area is 132 Å². The van der Waals surface area contributed by atoms with Gasteiger partial charge < -0.3 is 14.7 Å². The smallest absolute Gasteiger partial charge is 0.246 e. The first-order valence-corrected chi connectivity index (χ1v) is 7.68. The van der Waals surface area contributed by atoms with Gasteiger partial charge in [-0.3, -0.25) is 4.79 Å². The molecule has 0 saturated carbocycles. The van der Waals surface area contributed by atoms with Crippen LogP contribution in [-0.4, -0.2) is 35.6 Å². The number of carbonyl (C=O) groups is 1. The average Bonchev–Trinajstić information content (AvgIpc) is 2.97. The lowest BCUT2D eigenvalue weighted by atomic mass is 9.86. The second kappa shape index (κ2) is 6.53. The monoisotopic (exact) mass is 303 g/mol. The Balaban J connectivity index is 2.26. The third-order valence-corrected chi connectivity index (χ3v) is 4.27. The number of benzene rings is 1. The predicted octanol–water partition coefficient (Wildman–Crippen LogP) is 2.86. The Kier molecular flexibility index (Phi) is 4.91. The summed E-state index contributed by atoms with van der Waals surface area (Å²) in [4.78, 5) is 14.2. The molecule has 2 rings (SSSR count). The lowest BCUT2D eigenvalue weighted by Crippen LogP contribution is -2.47. The molecule has 1 aromatic rings. The van der Waals surface area contributed by atoms with Crippen LogP contribution in [0.25, 0.3) is 0 Å². The van der Waals surface area contributed by atoms with Crippen LogP contribution >= 0.6 is 0 Å². The third kappa shape index (κ3) is 3.33. The van der Waals surface area contributed by atoms with Crippen LogP contribution in [0.5, 0.6) is 5.75 Å². The van der Waals surface area contributed by atoms with Crippen LogP contribution in [-0.2, 0) is 10.4 Å². The molecule has 1 fully saturated rings. The van der Waals surface area contributed by atoms with Crippen LogP contribution in [0.1, 0.15) is 39.2 Å². The molecule has 0 bridgehead atoms. The molecule has 1 N–H and O–H groups in total. The van der Waals surface area contributed by atoms with Crippen LogP contribution in [0.3, 0.4) is 0 Å². The summed E-state index contributed by atoms with van der Waals surface area (Å²) in [6, 6.07) is 7.19. The van der Waals surface area contributed by atoms with Crippen molar-refractivity contribution in [1.29, 1.82) is 0 Å². The van der Waals surface area contributed by atoms with Gasteiger partial charge in [-0.05, 0) is 51.3 Å². The number of aliphatic hydroxyl groups is 1. The van der Waals surface area contributed by atoms with Gasteiger partial charge in [0, 0.05) is 12.6 Å². The van der Waals surface area contributed by atoms with Crippen molar-refractivity contribution >= 4 is 5.91 Å². The van der Waals surface area contributed by atoms with Gasteiger partial charge in [0.25, 0.3) is 0 Å². The highest BCUT2D eigenvalue weighted by Gasteiger charge is 2.42. The Morgan fingerprint density at radius 2 is 2.00 bits per heavy atom. The van der Waals surface area contributed by atoms with Gasteiger partial charge in [0.15, 0.2) is 0 Å². The van der Waals surface area contributed by atoms with Gasteiger partial charge in [-0.15, -0.1) is 0 Å². The number of ether oxygens (including phenoxy) is 1. The Hall–Kier alpha value is -1.81. The van der Waals surface area contributed by atoms with E-state index in [4.69, 9.17) is 4.74 Å². The molecule has 0 aromatic heterocycles. The molecule has 120 valence electrons. The van der Waals surface area contributed by atoms with Gasteiger partial charge in [-0.1, -0.05) is 17.7 Å². The van der Waals surface area contributed by atoms with E-state index in [9.17, 15) is 9.90 Å². The topological polar surface area (TPSA) is 49.8 Å². The van der Waals surface area contributed by atoms with Gasteiger partial charge in [0.05, 0.1) is 13.2 Å². The summed E-state index contributed by atoms with van der Waals surface area (Å²) in [5.41, 5.74) is 0.698. The van der Waals surface area contributed by atoms with Crippen LogP contribution < -0.4 is 4.74 Å². The fourth-order valence-electron chi connectivity index (χ4n) is 3.07. The SMILES string of the molecule is COc1ccc([C@@](C)(O)[C@@H]2CCCN2C(=O)C=C(C)C)cc1. The summed E-state index contributed by atoms with van der Waals surface area (Å²) in [6.07, 6.45) is 3.36. The number of rotatable bonds is 4.